The second-order valence-electron chi connectivity index (χ2n) is 4.51. The van der Waals surface area contributed by atoms with Gasteiger partial charge in [0.05, 0.1) is 0 Å². The Bertz CT molecular complexity index is 548. The summed E-state index contributed by atoms with van der Waals surface area (Å²) >= 11 is 2.56. The van der Waals surface area contributed by atoms with Crippen molar-refractivity contribution in [3.8, 4) is 0 Å². The molecule has 1 radical (unpaired) electrons. The van der Waals surface area contributed by atoms with Crippen molar-refractivity contribution >= 4 is 20.7 Å². The van der Waals surface area contributed by atoms with Gasteiger partial charge in [-0.1, -0.05) is 0 Å². The second-order valence-corrected chi connectivity index (χ2v) is 5.28. The minimum absolute atomic E-state index is 0.143. The van der Waals surface area contributed by atoms with Gasteiger partial charge in [0.2, 0.25) is 0 Å². The van der Waals surface area contributed by atoms with E-state index in [1.165, 1.54) is 23.8 Å². The Morgan fingerprint density at radius 2 is 2.32 bits per heavy atom. The van der Waals surface area contributed by atoms with Crippen molar-refractivity contribution in [2.45, 2.75) is 30.6 Å². The number of hydrogen-bond donors (Lipinski definition) is 4. The van der Waals surface area contributed by atoms with Crippen molar-refractivity contribution in [3.63, 3.8) is 0 Å². The molecule has 0 unspecified atom stereocenters. The van der Waals surface area contributed by atoms with E-state index in [9.17, 15) is 15.0 Å². The van der Waals surface area contributed by atoms with Gasteiger partial charge in [-0.25, -0.2) is 0 Å². The fourth-order valence-corrected chi connectivity index (χ4v) is 2.79. The molecule has 1 aromatic heterocycles. The van der Waals surface area contributed by atoms with Crippen LogP contribution in [0.1, 0.15) is 6.92 Å². The summed E-state index contributed by atoms with van der Waals surface area (Å²) in [5.74, 6) is 0. The fraction of sp³-hybridized carbons (Fsp3) is 0.600. The molecule has 19 heavy (non-hydrogen) atoms. The van der Waals surface area contributed by atoms with Gasteiger partial charge in [0.15, 0.2) is 0 Å². The first kappa shape index (κ1) is 14.6. The van der Waals surface area contributed by atoms with Crippen LogP contribution in [0.5, 0.6) is 0 Å². The molecule has 1 fully saturated rings. The van der Waals surface area contributed by atoms with E-state index < -0.39 is 35.8 Å². The van der Waals surface area contributed by atoms with E-state index in [1.807, 2.05) is 0 Å². The summed E-state index contributed by atoms with van der Waals surface area (Å²) in [6.07, 6.45) is -1.19. The maximum atomic E-state index is 11.1. The van der Waals surface area contributed by atoms with E-state index in [-0.39, 0.29) is 4.72 Å². The summed E-state index contributed by atoms with van der Waals surface area (Å²) in [6.45, 7) is 0.922. The molecule has 2 rings (SSSR count). The van der Waals surface area contributed by atoms with Gasteiger partial charge in [-0.3, -0.25) is 0 Å². The molecule has 0 saturated carbocycles. The van der Waals surface area contributed by atoms with Crippen LogP contribution in [-0.2, 0) is 10.5 Å². The number of aliphatic hydroxyl groups excluding tert-OH is 2. The first-order valence-electron chi connectivity index (χ1n) is 5.49. The average Bonchev–Trinajstić information content (AvgIpc) is 2.50. The molecule has 105 valence electrons. The van der Waals surface area contributed by atoms with Crippen molar-refractivity contribution in [3.05, 3.63) is 22.6 Å². The minimum atomic E-state index is -2.16. The standard InChI is InChI=1S/C10H14N3O5Se/c1-9(13-3-2-6(15)12-8(13)19)10(11,17)7(16)5(4-14)18-9/h2-3,5,7,14,16-17H,4,11H2,1H3/t5-,7-,9-,10-/m1/s1. The van der Waals surface area contributed by atoms with E-state index in [0.29, 0.717) is 0 Å². The quantitative estimate of drug-likeness (QED) is 0.321. The van der Waals surface area contributed by atoms with E-state index >= 15 is 0 Å². The van der Waals surface area contributed by atoms with Gasteiger partial charge in [0.25, 0.3) is 0 Å². The zero-order valence-corrected chi connectivity index (χ0v) is 11.8. The van der Waals surface area contributed by atoms with Gasteiger partial charge in [-0.15, -0.1) is 0 Å². The summed E-state index contributed by atoms with van der Waals surface area (Å²) in [6, 6.07) is 1.17. The topological polar surface area (TPSA) is 131 Å². The molecule has 8 nitrogen and oxygen atoms in total. The number of rotatable bonds is 2. The summed E-state index contributed by atoms with van der Waals surface area (Å²) in [5.41, 5.74) is 1.53. The summed E-state index contributed by atoms with van der Waals surface area (Å²) < 4.78 is 6.90. The molecule has 0 spiro atoms. The van der Waals surface area contributed by atoms with Gasteiger partial charge >= 0.3 is 116 Å². The van der Waals surface area contributed by atoms with Gasteiger partial charge in [-0.2, -0.15) is 0 Å². The van der Waals surface area contributed by atoms with E-state index in [2.05, 4.69) is 21.0 Å². The number of aliphatic hydroxyl groups is 3. The van der Waals surface area contributed by atoms with E-state index in [0.717, 1.165) is 0 Å². The zero-order chi connectivity index (χ0) is 14.4. The van der Waals surface area contributed by atoms with Gasteiger partial charge in [-0.05, 0) is 0 Å². The molecule has 0 aromatic carbocycles. The molecule has 1 aromatic rings. The summed E-state index contributed by atoms with van der Waals surface area (Å²) in [5, 5.41) is 29.3. The molecule has 5 N–H and O–H groups in total. The third-order valence-electron chi connectivity index (χ3n) is 3.34. The Morgan fingerprint density at radius 1 is 1.68 bits per heavy atom. The molecular formula is C10H14N3O5Se. The van der Waals surface area contributed by atoms with Crippen LogP contribution in [0.3, 0.4) is 0 Å². The van der Waals surface area contributed by atoms with Crippen LogP contribution in [0.2, 0.25) is 0 Å². The third kappa shape index (κ3) is 2.03. The third-order valence-corrected chi connectivity index (χ3v) is 3.95. The molecule has 0 amide bonds. The fourth-order valence-electron chi connectivity index (χ4n) is 2.11. The number of nitrogens with zero attached hydrogens (tertiary/aromatic N) is 2. The number of nitrogens with two attached hydrogens (primary N) is 1. The van der Waals surface area contributed by atoms with E-state index in [4.69, 9.17) is 15.6 Å². The number of ether oxygens (including phenoxy) is 1. The molecule has 1 aliphatic heterocycles. The van der Waals surface area contributed by atoms with Crippen LogP contribution in [0.15, 0.2) is 17.1 Å². The summed E-state index contributed by atoms with van der Waals surface area (Å²) in [4.78, 5) is 14.8. The first-order chi connectivity index (χ1) is 8.74. The molecule has 1 aliphatic rings. The van der Waals surface area contributed by atoms with Crippen LogP contribution in [0.25, 0.3) is 0 Å². The number of aromatic nitrogens is 2. The summed E-state index contributed by atoms with van der Waals surface area (Å²) in [7, 11) is 0. The predicted molar refractivity (Wildman–Crippen MR) is 64.6 cm³/mol. The van der Waals surface area contributed by atoms with Gasteiger partial charge in [0.1, 0.15) is 0 Å². The Labute approximate surface area is 116 Å². The van der Waals surface area contributed by atoms with E-state index in [1.54, 1.807) is 0 Å². The van der Waals surface area contributed by atoms with Crippen LogP contribution in [-0.4, -0.2) is 65.4 Å². The van der Waals surface area contributed by atoms with Crippen LogP contribution >= 0.6 is 0 Å². The Hall–Kier alpha value is -0.801. The average molecular weight is 335 g/mol. The first-order valence-corrected chi connectivity index (χ1v) is 6.35. The van der Waals surface area contributed by atoms with Crippen molar-refractivity contribution < 1.29 is 20.1 Å². The SMILES string of the molecule is C[C@@]1(n2ccc(=O)nc2[Se])O[C@H](CO)[C@@H](O)[C@@]1(N)O. The van der Waals surface area contributed by atoms with Crippen molar-refractivity contribution in [1.82, 2.24) is 9.55 Å². The molecule has 4 atom stereocenters. The van der Waals surface area contributed by atoms with Crippen LogP contribution < -0.4 is 16.0 Å². The van der Waals surface area contributed by atoms with Gasteiger partial charge < -0.3 is 0 Å². The maximum absolute atomic E-state index is 11.1. The van der Waals surface area contributed by atoms with Crippen LogP contribution in [0, 0.1) is 0 Å². The van der Waals surface area contributed by atoms with Crippen molar-refractivity contribution in [2.24, 2.45) is 5.73 Å². The molecular weight excluding hydrogens is 321 g/mol. The monoisotopic (exact) mass is 336 g/mol. The molecule has 9 heteroatoms. The normalized spacial score (nSPS) is 38.6. The van der Waals surface area contributed by atoms with Crippen molar-refractivity contribution in [2.75, 3.05) is 6.61 Å². The Kier molecular flexibility index (Phi) is 3.56. The molecule has 2 heterocycles. The Balaban J connectivity index is 2.56. The molecule has 0 aliphatic carbocycles. The van der Waals surface area contributed by atoms with Crippen LogP contribution in [0.4, 0.5) is 0 Å². The second kappa shape index (κ2) is 4.64. The molecule has 1 saturated heterocycles. The number of hydrogen-bond acceptors (Lipinski definition) is 7. The predicted octanol–water partition coefficient (Wildman–Crippen LogP) is -3.89. The molecule has 0 bridgehead atoms. The zero-order valence-electron chi connectivity index (χ0n) is 10.1. The van der Waals surface area contributed by atoms with Crippen molar-refractivity contribution in [1.29, 1.82) is 0 Å². The Morgan fingerprint density at radius 3 is 2.79 bits per heavy atom. The van der Waals surface area contributed by atoms with Gasteiger partial charge in [0, 0.05) is 0 Å².